The summed E-state index contributed by atoms with van der Waals surface area (Å²) in [5.41, 5.74) is 2.31. The van der Waals surface area contributed by atoms with E-state index < -0.39 is 5.60 Å². The highest BCUT2D eigenvalue weighted by molar-refractivity contribution is 5.73. The Kier molecular flexibility index (Phi) is 3.50. The maximum atomic E-state index is 10.1. The normalized spacial score (nSPS) is 22.6. The topological polar surface area (TPSA) is 66.4 Å². The summed E-state index contributed by atoms with van der Waals surface area (Å²) in [6, 6.07) is 5.34. The molecule has 0 radical (unpaired) electrons. The molecule has 28 heavy (non-hydrogen) atoms. The van der Waals surface area contributed by atoms with Gasteiger partial charge in [0.2, 0.25) is 0 Å². The molecule has 0 fully saturated rings. The molecule has 0 unspecified atom stereocenters. The van der Waals surface area contributed by atoms with Crippen LogP contribution < -0.4 is 23.7 Å². The Hall–Kier alpha value is -3.02. The second kappa shape index (κ2) is 5.74. The highest BCUT2D eigenvalue weighted by atomic mass is 16.5. The van der Waals surface area contributed by atoms with Crippen LogP contribution >= 0.6 is 0 Å². The molecule has 2 atom stereocenters. The van der Waals surface area contributed by atoms with Gasteiger partial charge in [-0.2, -0.15) is 0 Å². The Morgan fingerprint density at radius 1 is 1.07 bits per heavy atom. The van der Waals surface area contributed by atoms with E-state index in [4.69, 9.17) is 23.7 Å². The zero-order chi connectivity index (χ0) is 19.6. The van der Waals surface area contributed by atoms with Crippen LogP contribution in [0.4, 0.5) is 0 Å². The standard InChI is InChI=1S/C22H22O6/c1-22(2)6-5-11-16(28-22)9-18-19(20(11)25-4)21-13(10-26-18)12-7-17(24-3)14(23)8-15(12)27-21/h5-9,13,21,23H,10H2,1-4H3/t13-,21+/m0/s1. The van der Waals surface area contributed by atoms with E-state index in [-0.39, 0.29) is 17.8 Å². The molecule has 3 heterocycles. The number of benzene rings is 2. The molecule has 6 nitrogen and oxygen atoms in total. The van der Waals surface area contributed by atoms with Gasteiger partial charge in [-0.1, -0.05) is 0 Å². The van der Waals surface area contributed by atoms with Crippen molar-refractivity contribution in [3.8, 4) is 34.5 Å². The molecule has 0 amide bonds. The quantitative estimate of drug-likeness (QED) is 0.840. The molecule has 0 saturated heterocycles. The van der Waals surface area contributed by atoms with Crippen LogP contribution in [0.2, 0.25) is 0 Å². The van der Waals surface area contributed by atoms with Crippen molar-refractivity contribution < 1.29 is 28.8 Å². The average Bonchev–Trinajstić information content (AvgIpc) is 3.01. The highest BCUT2D eigenvalue weighted by Gasteiger charge is 2.44. The Bertz CT molecular complexity index is 1010. The molecule has 0 aliphatic carbocycles. The first-order chi connectivity index (χ1) is 13.4. The fourth-order valence-corrected chi connectivity index (χ4v) is 4.22. The van der Waals surface area contributed by atoms with Gasteiger partial charge in [0.25, 0.3) is 0 Å². The number of aromatic hydroxyl groups is 1. The summed E-state index contributed by atoms with van der Waals surface area (Å²) in [5.74, 6) is 3.22. The van der Waals surface area contributed by atoms with Crippen molar-refractivity contribution in [2.75, 3.05) is 20.8 Å². The first-order valence-corrected chi connectivity index (χ1v) is 9.25. The number of rotatable bonds is 2. The van der Waals surface area contributed by atoms with Gasteiger partial charge in [-0.25, -0.2) is 0 Å². The predicted octanol–water partition coefficient (Wildman–Crippen LogP) is 4.20. The van der Waals surface area contributed by atoms with Crippen LogP contribution in [0.1, 0.15) is 42.6 Å². The Morgan fingerprint density at radius 3 is 2.64 bits per heavy atom. The molecule has 6 heteroatoms. The summed E-state index contributed by atoms with van der Waals surface area (Å²) >= 11 is 0. The molecule has 3 aliphatic rings. The zero-order valence-electron chi connectivity index (χ0n) is 16.2. The molecule has 146 valence electrons. The Balaban J connectivity index is 1.64. The zero-order valence-corrected chi connectivity index (χ0v) is 16.2. The van der Waals surface area contributed by atoms with E-state index in [1.54, 1.807) is 13.2 Å². The van der Waals surface area contributed by atoms with Gasteiger partial charge < -0.3 is 28.8 Å². The third-order valence-corrected chi connectivity index (χ3v) is 5.54. The summed E-state index contributed by atoms with van der Waals surface area (Å²) in [4.78, 5) is 0. The lowest BCUT2D eigenvalue weighted by atomic mass is 9.87. The lowest BCUT2D eigenvalue weighted by molar-refractivity contribution is 0.130. The molecular weight excluding hydrogens is 360 g/mol. The maximum absolute atomic E-state index is 10.1. The minimum Gasteiger partial charge on any atom is -0.504 e. The first kappa shape index (κ1) is 17.1. The first-order valence-electron chi connectivity index (χ1n) is 9.25. The summed E-state index contributed by atoms with van der Waals surface area (Å²) in [6.07, 6.45) is 3.77. The van der Waals surface area contributed by atoms with Crippen LogP contribution in [0.25, 0.3) is 6.08 Å². The van der Waals surface area contributed by atoms with Crippen molar-refractivity contribution >= 4 is 6.08 Å². The van der Waals surface area contributed by atoms with E-state index in [0.29, 0.717) is 29.6 Å². The number of hydrogen-bond donors (Lipinski definition) is 1. The second-order valence-electron chi connectivity index (χ2n) is 7.79. The molecule has 0 saturated carbocycles. The number of hydrogen-bond acceptors (Lipinski definition) is 6. The molecular formula is C22H22O6. The van der Waals surface area contributed by atoms with Gasteiger partial charge in [-0.3, -0.25) is 0 Å². The van der Waals surface area contributed by atoms with Crippen LogP contribution in [-0.4, -0.2) is 31.5 Å². The van der Waals surface area contributed by atoms with Gasteiger partial charge in [-0.05, 0) is 32.1 Å². The molecule has 2 aromatic rings. The smallest absolute Gasteiger partial charge is 0.161 e. The summed E-state index contributed by atoms with van der Waals surface area (Å²) < 4.78 is 29.5. The molecule has 3 aliphatic heterocycles. The maximum Gasteiger partial charge on any atom is 0.161 e. The van der Waals surface area contributed by atoms with E-state index in [0.717, 1.165) is 22.4 Å². The van der Waals surface area contributed by atoms with Crippen molar-refractivity contribution in [1.29, 1.82) is 0 Å². The molecule has 2 aromatic carbocycles. The summed E-state index contributed by atoms with van der Waals surface area (Å²) in [6.45, 7) is 4.47. The molecule has 5 rings (SSSR count). The van der Waals surface area contributed by atoms with Crippen LogP contribution in [0.15, 0.2) is 24.3 Å². The van der Waals surface area contributed by atoms with Gasteiger partial charge >= 0.3 is 0 Å². The van der Waals surface area contributed by atoms with Crippen molar-refractivity contribution in [2.45, 2.75) is 31.5 Å². The summed E-state index contributed by atoms with van der Waals surface area (Å²) in [7, 11) is 3.18. The number of methoxy groups -OCH3 is 2. The van der Waals surface area contributed by atoms with Gasteiger partial charge in [0.15, 0.2) is 11.5 Å². The molecule has 0 spiro atoms. The molecule has 0 aromatic heterocycles. The number of ether oxygens (including phenoxy) is 5. The third kappa shape index (κ3) is 2.33. The number of phenols is 1. The van der Waals surface area contributed by atoms with Crippen molar-refractivity contribution in [2.24, 2.45) is 0 Å². The van der Waals surface area contributed by atoms with Gasteiger partial charge in [0, 0.05) is 17.7 Å². The monoisotopic (exact) mass is 382 g/mol. The Labute approximate surface area is 163 Å². The molecule has 0 bridgehead atoms. The minimum atomic E-state index is -0.391. The third-order valence-electron chi connectivity index (χ3n) is 5.54. The average molecular weight is 382 g/mol. The molecule has 1 N–H and O–H groups in total. The van der Waals surface area contributed by atoms with Gasteiger partial charge in [-0.15, -0.1) is 0 Å². The fourth-order valence-electron chi connectivity index (χ4n) is 4.22. The van der Waals surface area contributed by atoms with E-state index in [1.165, 1.54) is 7.11 Å². The van der Waals surface area contributed by atoms with E-state index >= 15 is 0 Å². The van der Waals surface area contributed by atoms with E-state index in [2.05, 4.69) is 0 Å². The summed E-state index contributed by atoms with van der Waals surface area (Å²) in [5, 5.41) is 10.1. The Morgan fingerprint density at radius 2 is 1.89 bits per heavy atom. The van der Waals surface area contributed by atoms with E-state index in [1.807, 2.05) is 38.1 Å². The highest BCUT2D eigenvalue weighted by Crippen LogP contribution is 2.57. The number of phenolic OH excluding ortho intramolecular Hbond substituents is 1. The van der Waals surface area contributed by atoms with Crippen LogP contribution in [0, 0.1) is 0 Å². The van der Waals surface area contributed by atoms with Gasteiger partial charge in [0.05, 0.1) is 37.9 Å². The number of fused-ring (bicyclic) bond motifs is 6. The van der Waals surface area contributed by atoms with Crippen molar-refractivity contribution in [3.05, 3.63) is 41.0 Å². The van der Waals surface area contributed by atoms with Crippen LogP contribution in [-0.2, 0) is 0 Å². The van der Waals surface area contributed by atoms with E-state index in [9.17, 15) is 5.11 Å². The minimum absolute atomic E-state index is 0.0196. The fraction of sp³-hybridized carbons (Fsp3) is 0.364. The van der Waals surface area contributed by atoms with Gasteiger partial charge in [0.1, 0.15) is 34.7 Å². The van der Waals surface area contributed by atoms with Crippen molar-refractivity contribution in [3.63, 3.8) is 0 Å². The second-order valence-corrected chi connectivity index (χ2v) is 7.79. The van der Waals surface area contributed by atoms with Crippen LogP contribution in [0.3, 0.4) is 0 Å². The predicted molar refractivity (Wildman–Crippen MR) is 103 cm³/mol. The van der Waals surface area contributed by atoms with Crippen LogP contribution in [0.5, 0.6) is 34.5 Å². The lowest BCUT2D eigenvalue weighted by Crippen LogP contribution is -2.29. The largest absolute Gasteiger partial charge is 0.504 e. The lowest BCUT2D eigenvalue weighted by Gasteiger charge is -2.34. The SMILES string of the molecule is COc1cc2c(cc1O)O[C@H]1c3c(cc4c(c3OC)C=CC(C)(C)O4)OC[C@@H]21. The van der Waals surface area contributed by atoms with Crippen molar-refractivity contribution in [1.82, 2.24) is 0 Å².